The van der Waals surface area contributed by atoms with Gasteiger partial charge in [-0.05, 0) is 29.5 Å². The lowest BCUT2D eigenvalue weighted by Crippen LogP contribution is -2.33. The molecule has 1 aliphatic rings. The number of hydrogen-bond donors (Lipinski definition) is 1. The van der Waals surface area contributed by atoms with E-state index in [4.69, 9.17) is 0 Å². The Morgan fingerprint density at radius 3 is 2.65 bits per heavy atom. The standard InChI is InChI=1S/C21H23N3OS/c1-26-20-10-6-5-9-17(20)14-23-11-12-24-18(15-23)13-19(22-24)21(25)16-7-3-2-4-8-16/h2-10,13,21,25H,11-12,14-15H2,1H3. The quantitative estimate of drug-likeness (QED) is 0.700. The SMILES string of the molecule is CSc1ccccc1CN1CCn2nc(C(O)c3ccccc3)cc2C1. The lowest BCUT2D eigenvalue weighted by molar-refractivity contribution is 0.199. The molecule has 5 heteroatoms. The fourth-order valence-electron chi connectivity index (χ4n) is 3.49. The van der Waals surface area contributed by atoms with Crippen LogP contribution in [0.4, 0.5) is 0 Å². The van der Waals surface area contributed by atoms with Gasteiger partial charge in [-0.15, -0.1) is 11.8 Å². The topological polar surface area (TPSA) is 41.3 Å². The van der Waals surface area contributed by atoms with E-state index in [1.54, 1.807) is 11.8 Å². The van der Waals surface area contributed by atoms with Crippen molar-refractivity contribution >= 4 is 11.8 Å². The molecule has 1 atom stereocenters. The number of aliphatic hydroxyl groups excluding tert-OH is 1. The van der Waals surface area contributed by atoms with Crippen LogP contribution in [0.5, 0.6) is 0 Å². The Hall–Kier alpha value is -2.08. The fraction of sp³-hybridized carbons (Fsp3) is 0.286. The normalized spacial score (nSPS) is 15.6. The molecule has 0 fully saturated rings. The first-order valence-corrected chi connectivity index (χ1v) is 10.1. The summed E-state index contributed by atoms with van der Waals surface area (Å²) in [7, 11) is 0. The maximum Gasteiger partial charge on any atom is 0.123 e. The number of fused-ring (bicyclic) bond motifs is 1. The highest BCUT2D eigenvalue weighted by atomic mass is 32.2. The lowest BCUT2D eigenvalue weighted by Gasteiger charge is -2.28. The van der Waals surface area contributed by atoms with Crippen molar-refractivity contribution in [3.8, 4) is 0 Å². The molecule has 1 aliphatic heterocycles. The van der Waals surface area contributed by atoms with E-state index in [9.17, 15) is 5.11 Å². The van der Waals surface area contributed by atoms with Crippen LogP contribution in [0.15, 0.2) is 65.6 Å². The van der Waals surface area contributed by atoms with Crippen molar-refractivity contribution in [3.05, 3.63) is 83.2 Å². The second-order valence-corrected chi connectivity index (χ2v) is 7.47. The molecule has 1 unspecified atom stereocenters. The summed E-state index contributed by atoms with van der Waals surface area (Å²) in [5.41, 5.74) is 4.16. The number of nitrogens with zero attached hydrogens (tertiary/aromatic N) is 3. The smallest absolute Gasteiger partial charge is 0.123 e. The molecule has 0 amide bonds. The Bertz CT molecular complexity index is 878. The molecule has 0 saturated carbocycles. The molecule has 134 valence electrons. The van der Waals surface area contributed by atoms with Gasteiger partial charge in [-0.25, -0.2) is 0 Å². The van der Waals surface area contributed by atoms with Gasteiger partial charge in [0.25, 0.3) is 0 Å². The molecular weight excluding hydrogens is 342 g/mol. The number of aliphatic hydroxyl groups is 1. The van der Waals surface area contributed by atoms with E-state index < -0.39 is 6.10 Å². The molecule has 0 saturated heterocycles. The number of hydrogen-bond acceptors (Lipinski definition) is 4. The van der Waals surface area contributed by atoms with Gasteiger partial charge in [0.15, 0.2) is 0 Å². The highest BCUT2D eigenvalue weighted by molar-refractivity contribution is 7.98. The summed E-state index contributed by atoms with van der Waals surface area (Å²) in [6, 6.07) is 20.4. The molecule has 4 nitrogen and oxygen atoms in total. The van der Waals surface area contributed by atoms with Gasteiger partial charge in [-0.3, -0.25) is 9.58 Å². The third kappa shape index (κ3) is 3.56. The van der Waals surface area contributed by atoms with Crippen molar-refractivity contribution in [2.45, 2.75) is 30.6 Å². The van der Waals surface area contributed by atoms with Crippen LogP contribution in [0.1, 0.15) is 28.6 Å². The third-order valence-corrected chi connectivity index (χ3v) is 5.72. The Balaban J connectivity index is 1.50. The Labute approximate surface area is 158 Å². The second kappa shape index (κ2) is 7.66. The molecule has 2 heterocycles. The zero-order chi connectivity index (χ0) is 17.9. The Kier molecular flexibility index (Phi) is 5.11. The average Bonchev–Trinajstić information content (AvgIpc) is 3.12. The summed E-state index contributed by atoms with van der Waals surface area (Å²) in [6.07, 6.45) is 1.46. The number of aromatic nitrogens is 2. The van der Waals surface area contributed by atoms with Gasteiger partial charge in [0.05, 0.1) is 17.9 Å². The summed E-state index contributed by atoms with van der Waals surface area (Å²) in [5, 5.41) is 15.3. The first kappa shape index (κ1) is 17.3. The monoisotopic (exact) mass is 365 g/mol. The van der Waals surface area contributed by atoms with E-state index in [1.165, 1.54) is 16.2 Å². The molecule has 26 heavy (non-hydrogen) atoms. The van der Waals surface area contributed by atoms with E-state index >= 15 is 0 Å². The van der Waals surface area contributed by atoms with Crippen molar-refractivity contribution in [2.24, 2.45) is 0 Å². The van der Waals surface area contributed by atoms with Crippen LogP contribution in [0, 0.1) is 0 Å². The van der Waals surface area contributed by atoms with E-state index in [0.717, 1.165) is 37.4 Å². The summed E-state index contributed by atoms with van der Waals surface area (Å²) in [4.78, 5) is 3.79. The Morgan fingerprint density at radius 2 is 1.85 bits per heavy atom. The minimum atomic E-state index is -0.667. The maximum absolute atomic E-state index is 10.6. The largest absolute Gasteiger partial charge is 0.382 e. The molecular formula is C21H23N3OS. The van der Waals surface area contributed by atoms with Crippen molar-refractivity contribution in [1.82, 2.24) is 14.7 Å². The second-order valence-electron chi connectivity index (χ2n) is 6.62. The van der Waals surface area contributed by atoms with Crippen LogP contribution in [0.3, 0.4) is 0 Å². The van der Waals surface area contributed by atoms with Crippen molar-refractivity contribution < 1.29 is 5.11 Å². The molecule has 0 spiro atoms. The zero-order valence-corrected chi connectivity index (χ0v) is 15.7. The molecule has 1 N–H and O–H groups in total. The van der Waals surface area contributed by atoms with Gasteiger partial charge >= 0.3 is 0 Å². The van der Waals surface area contributed by atoms with Gasteiger partial charge in [-0.1, -0.05) is 48.5 Å². The summed E-state index contributed by atoms with van der Waals surface area (Å²) in [5.74, 6) is 0. The molecule has 3 aromatic rings. The van der Waals surface area contributed by atoms with Crippen LogP contribution < -0.4 is 0 Å². The van der Waals surface area contributed by atoms with E-state index in [1.807, 2.05) is 41.1 Å². The third-order valence-electron chi connectivity index (χ3n) is 4.88. The van der Waals surface area contributed by atoms with Gasteiger partial charge in [0, 0.05) is 24.5 Å². The van der Waals surface area contributed by atoms with E-state index in [2.05, 4.69) is 40.5 Å². The molecule has 0 radical (unpaired) electrons. The molecule has 4 rings (SSSR count). The predicted molar refractivity (Wildman–Crippen MR) is 105 cm³/mol. The van der Waals surface area contributed by atoms with Crippen LogP contribution in [0.25, 0.3) is 0 Å². The number of benzene rings is 2. The summed E-state index contributed by atoms with van der Waals surface area (Å²) >= 11 is 1.80. The fourth-order valence-corrected chi connectivity index (χ4v) is 4.10. The highest BCUT2D eigenvalue weighted by Crippen LogP contribution is 2.26. The van der Waals surface area contributed by atoms with Gasteiger partial charge in [0.1, 0.15) is 6.10 Å². The van der Waals surface area contributed by atoms with E-state index in [0.29, 0.717) is 0 Å². The predicted octanol–water partition coefficient (Wildman–Crippen LogP) is 3.70. The molecule has 0 aliphatic carbocycles. The molecule has 1 aromatic heterocycles. The molecule has 0 bridgehead atoms. The summed E-state index contributed by atoms with van der Waals surface area (Å²) < 4.78 is 2.04. The van der Waals surface area contributed by atoms with Gasteiger partial charge in [-0.2, -0.15) is 5.10 Å². The van der Waals surface area contributed by atoms with Crippen molar-refractivity contribution in [2.75, 3.05) is 12.8 Å². The van der Waals surface area contributed by atoms with Crippen LogP contribution in [-0.2, 0) is 19.6 Å². The maximum atomic E-state index is 10.6. The molecule has 2 aromatic carbocycles. The van der Waals surface area contributed by atoms with Crippen molar-refractivity contribution in [3.63, 3.8) is 0 Å². The number of rotatable bonds is 5. The summed E-state index contributed by atoms with van der Waals surface area (Å²) in [6.45, 7) is 3.63. The first-order chi connectivity index (χ1) is 12.7. The number of thioether (sulfide) groups is 1. The minimum absolute atomic E-state index is 0.667. The highest BCUT2D eigenvalue weighted by Gasteiger charge is 2.22. The average molecular weight is 366 g/mol. The van der Waals surface area contributed by atoms with Crippen molar-refractivity contribution in [1.29, 1.82) is 0 Å². The van der Waals surface area contributed by atoms with Gasteiger partial charge in [0.2, 0.25) is 0 Å². The van der Waals surface area contributed by atoms with Crippen LogP contribution in [0.2, 0.25) is 0 Å². The van der Waals surface area contributed by atoms with Crippen LogP contribution >= 0.6 is 11.8 Å². The lowest BCUT2D eigenvalue weighted by atomic mass is 10.1. The zero-order valence-electron chi connectivity index (χ0n) is 14.9. The van der Waals surface area contributed by atoms with Crippen LogP contribution in [-0.4, -0.2) is 32.6 Å². The first-order valence-electron chi connectivity index (χ1n) is 8.88. The van der Waals surface area contributed by atoms with E-state index in [-0.39, 0.29) is 0 Å². The Morgan fingerprint density at radius 1 is 1.08 bits per heavy atom. The van der Waals surface area contributed by atoms with Gasteiger partial charge < -0.3 is 5.11 Å². The minimum Gasteiger partial charge on any atom is -0.382 e.